The summed E-state index contributed by atoms with van der Waals surface area (Å²) in [5.41, 5.74) is -0.854. The van der Waals surface area contributed by atoms with E-state index in [0.29, 0.717) is 19.4 Å². The maximum absolute atomic E-state index is 11.1. The number of carbonyl (C=O) groups is 1. The highest BCUT2D eigenvalue weighted by Crippen LogP contribution is 2.32. The summed E-state index contributed by atoms with van der Waals surface area (Å²) in [7, 11) is 0. The molecular weight excluding hydrogens is 304 g/mol. The SMILES string of the molecule is CCCCCCC(O)CCCCCCCCCC1(C(=O)O)CCO1. The van der Waals surface area contributed by atoms with E-state index in [1.807, 2.05) is 0 Å². The van der Waals surface area contributed by atoms with Crippen molar-refractivity contribution in [3.8, 4) is 0 Å². The molecule has 1 aliphatic rings. The Bertz CT molecular complexity index is 326. The average Bonchev–Trinajstić information content (AvgIpc) is 2.51. The van der Waals surface area contributed by atoms with E-state index in [1.54, 1.807) is 0 Å². The summed E-state index contributed by atoms with van der Waals surface area (Å²) >= 11 is 0. The van der Waals surface area contributed by atoms with Gasteiger partial charge in [0.25, 0.3) is 0 Å². The zero-order chi connectivity index (χ0) is 17.7. The van der Waals surface area contributed by atoms with E-state index in [1.165, 1.54) is 44.9 Å². The van der Waals surface area contributed by atoms with Gasteiger partial charge in [0.1, 0.15) is 0 Å². The Kier molecular flexibility index (Phi) is 11.4. The lowest BCUT2D eigenvalue weighted by atomic mass is 9.88. The van der Waals surface area contributed by atoms with Crippen molar-refractivity contribution >= 4 is 5.97 Å². The van der Waals surface area contributed by atoms with E-state index in [9.17, 15) is 9.90 Å². The fourth-order valence-electron chi connectivity index (χ4n) is 3.45. The van der Waals surface area contributed by atoms with Crippen LogP contribution in [0.4, 0.5) is 0 Å². The van der Waals surface area contributed by atoms with E-state index in [2.05, 4.69) is 6.92 Å². The zero-order valence-electron chi connectivity index (χ0n) is 15.6. The largest absolute Gasteiger partial charge is 0.479 e. The molecule has 4 heteroatoms. The molecule has 2 atom stereocenters. The molecule has 24 heavy (non-hydrogen) atoms. The number of carboxylic acids is 1. The van der Waals surface area contributed by atoms with Gasteiger partial charge in [0, 0.05) is 6.42 Å². The van der Waals surface area contributed by atoms with Crippen molar-refractivity contribution in [1.29, 1.82) is 0 Å². The molecule has 0 aromatic rings. The number of unbranched alkanes of at least 4 members (excludes halogenated alkanes) is 9. The lowest BCUT2D eigenvalue weighted by molar-refractivity contribution is -0.196. The van der Waals surface area contributed by atoms with Gasteiger partial charge in [-0.25, -0.2) is 4.79 Å². The Labute approximate surface area is 148 Å². The van der Waals surface area contributed by atoms with Gasteiger partial charge in [0.15, 0.2) is 5.60 Å². The van der Waals surface area contributed by atoms with Crippen LogP contribution in [-0.2, 0) is 9.53 Å². The van der Waals surface area contributed by atoms with Crippen LogP contribution in [0.3, 0.4) is 0 Å². The van der Waals surface area contributed by atoms with Crippen LogP contribution in [0.2, 0.25) is 0 Å². The van der Waals surface area contributed by atoms with Crippen LogP contribution < -0.4 is 0 Å². The molecule has 4 nitrogen and oxygen atoms in total. The van der Waals surface area contributed by atoms with Crippen molar-refractivity contribution in [3.05, 3.63) is 0 Å². The number of aliphatic carboxylic acids is 1. The van der Waals surface area contributed by atoms with E-state index >= 15 is 0 Å². The van der Waals surface area contributed by atoms with Gasteiger partial charge < -0.3 is 14.9 Å². The van der Waals surface area contributed by atoms with Gasteiger partial charge in [0.05, 0.1) is 12.7 Å². The van der Waals surface area contributed by atoms with Crippen LogP contribution in [0.25, 0.3) is 0 Å². The van der Waals surface area contributed by atoms with Crippen molar-refractivity contribution in [1.82, 2.24) is 0 Å². The van der Waals surface area contributed by atoms with Crippen molar-refractivity contribution in [3.63, 3.8) is 0 Å². The Morgan fingerprint density at radius 3 is 1.92 bits per heavy atom. The molecule has 1 heterocycles. The third kappa shape index (κ3) is 8.48. The first-order chi connectivity index (χ1) is 11.6. The number of hydrogen-bond acceptors (Lipinski definition) is 3. The van der Waals surface area contributed by atoms with Crippen molar-refractivity contribution in [2.24, 2.45) is 0 Å². The van der Waals surface area contributed by atoms with Crippen molar-refractivity contribution < 1.29 is 19.7 Å². The predicted molar refractivity (Wildman–Crippen MR) is 97.3 cm³/mol. The van der Waals surface area contributed by atoms with Gasteiger partial charge in [-0.05, 0) is 25.7 Å². The van der Waals surface area contributed by atoms with E-state index in [0.717, 1.165) is 38.5 Å². The molecule has 1 aliphatic heterocycles. The van der Waals surface area contributed by atoms with Crippen LogP contribution >= 0.6 is 0 Å². The highest BCUT2D eigenvalue weighted by atomic mass is 16.5. The number of carboxylic acid groups (broad SMARTS) is 1. The van der Waals surface area contributed by atoms with Crippen LogP contribution in [-0.4, -0.2) is 34.5 Å². The minimum absolute atomic E-state index is 0.100. The Morgan fingerprint density at radius 2 is 1.46 bits per heavy atom. The number of aliphatic hydroxyl groups excluding tert-OH is 1. The molecule has 1 saturated heterocycles. The minimum Gasteiger partial charge on any atom is -0.479 e. The third-order valence-corrected chi connectivity index (χ3v) is 5.28. The van der Waals surface area contributed by atoms with Crippen molar-refractivity contribution in [2.75, 3.05) is 6.61 Å². The second-order valence-corrected chi connectivity index (χ2v) is 7.41. The Morgan fingerprint density at radius 1 is 0.958 bits per heavy atom. The van der Waals surface area contributed by atoms with Gasteiger partial charge in [-0.1, -0.05) is 71.1 Å². The number of aliphatic hydroxyl groups is 1. The normalized spacial score (nSPS) is 21.4. The lowest BCUT2D eigenvalue weighted by Crippen LogP contribution is -2.50. The summed E-state index contributed by atoms with van der Waals surface area (Å²) in [5.74, 6) is -0.790. The van der Waals surface area contributed by atoms with Crippen LogP contribution in [0.5, 0.6) is 0 Å². The summed E-state index contributed by atoms with van der Waals surface area (Å²) in [5, 5.41) is 19.1. The molecule has 142 valence electrons. The third-order valence-electron chi connectivity index (χ3n) is 5.28. The van der Waals surface area contributed by atoms with Gasteiger partial charge in [-0.2, -0.15) is 0 Å². The highest BCUT2D eigenvalue weighted by Gasteiger charge is 2.45. The van der Waals surface area contributed by atoms with Crippen LogP contribution in [0.1, 0.15) is 103 Å². The minimum atomic E-state index is -0.854. The fraction of sp³-hybridized carbons (Fsp3) is 0.950. The number of ether oxygens (including phenoxy) is 1. The smallest absolute Gasteiger partial charge is 0.336 e. The van der Waals surface area contributed by atoms with E-state index in [-0.39, 0.29) is 6.10 Å². The van der Waals surface area contributed by atoms with E-state index in [4.69, 9.17) is 9.84 Å². The second-order valence-electron chi connectivity index (χ2n) is 7.41. The first kappa shape index (κ1) is 21.4. The molecule has 0 saturated carbocycles. The molecule has 0 bridgehead atoms. The molecule has 0 amide bonds. The Hall–Kier alpha value is -0.610. The second kappa shape index (κ2) is 12.7. The summed E-state index contributed by atoms with van der Waals surface area (Å²) in [6.45, 7) is 2.80. The standard InChI is InChI=1S/C20H38O4/c1-2-3-4-10-13-18(21)14-11-8-6-5-7-9-12-15-20(19(22)23)16-17-24-20/h18,21H,2-17H2,1H3,(H,22,23). The maximum Gasteiger partial charge on any atom is 0.336 e. The Balaban J connectivity index is 1.84. The molecule has 2 unspecified atom stereocenters. The first-order valence-corrected chi connectivity index (χ1v) is 10.2. The van der Waals surface area contributed by atoms with Gasteiger partial charge in [-0.3, -0.25) is 0 Å². The summed E-state index contributed by atoms with van der Waals surface area (Å²) in [4.78, 5) is 11.1. The van der Waals surface area contributed by atoms with Gasteiger partial charge in [-0.15, -0.1) is 0 Å². The van der Waals surface area contributed by atoms with Crippen molar-refractivity contribution in [2.45, 2.75) is 115 Å². The molecule has 2 N–H and O–H groups in total. The quantitative estimate of drug-likeness (QED) is 0.384. The summed E-state index contributed by atoms with van der Waals surface area (Å²) in [6.07, 6.45) is 16.1. The monoisotopic (exact) mass is 342 g/mol. The average molecular weight is 343 g/mol. The molecule has 0 aromatic carbocycles. The predicted octanol–water partition coefficient (Wildman–Crippen LogP) is 5.07. The molecule has 1 fully saturated rings. The lowest BCUT2D eigenvalue weighted by Gasteiger charge is -2.37. The van der Waals surface area contributed by atoms with Gasteiger partial charge in [0.2, 0.25) is 0 Å². The first-order valence-electron chi connectivity index (χ1n) is 10.2. The number of hydrogen-bond donors (Lipinski definition) is 2. The molecule has 0 aliphatic carbocycles. The summed E-state index contributed by atoms with van der Waals surface area (Å²) < 4.78 is 5.28. The highest BCUT2D eigenvalue weighted by molar-refractivity contribution is 5.78. The number of rotatable bonds is 16. The topological polar surface area (TPSA) is 66.8 Å². The maximum atomic E-state index is 11.1. The van der Waals surface area contributed by atoms with E-state index < -0.39 is 11.6 Å². The molecule has 0 spiro atoms. The molecular formula is C20H38O4. The molecule has 1 rings (SSSR count). The fourth-order valence-corrected chi connectivity index (χ4v) is 3.45. The molecule has 0 radical (unpaired) electrons. The zero-order valence-corrected chi connectivity index (χ0v) is 15.6. The summed E-state index contributed by atoms with van der Waals surface area (Å²) in [6, 6.07) is 0. The van der Waals surface area contributed by atoms with Gasteiger partial charge >= 0.3 is 5.97 Å². The van der Waals surface area contributed by atoms with Crippen LogP contribution in [0.15, 0.2) is 0 Å². The molecule has 0 aromatic heterocycles. The van der Waals surface area contributed by atoms with Crippen LogP contribution in [0, 0.1) is 0 Å².